The Labute approximate surface area is 500 Å². The number of hydrogen-bond acceptors (Lipinski definition) is 5. The first kappa shape index (κ1) is 78.1. The van der Waals surface area contributed by atoms with Crippen molar-refractivity contribution in [1.82, 2.24) is 5.32 Å². The number of esters is 1. The Bertz CT molecular complexity index is 1300. The number of carbonyl (C=O) groups excluding carboxylic acids is 2. The lowest BCUT2D eigenvalue weighted by Gasteiger charge is -2.22. The van der Waals surface area contributed by atoms with Crippen molar-refractivity contribution >= 4 is 11.9 Å². The second-order valence-corrected chi connectivity index (χ2v) is 24.9. The van der Waals surface area contributed by atoms with E-state index >= 15 is 0 Å². The molecular weight excluding hydrogens is 983 g/mol. The fourth-order valence-corrected chi connectivity index (χ4v) is 11.4. The Morgan fingerprint density at radius 2 is 0.625 bits per heavy atom. The van der Waals surface area contributed by atoms with E-state index in [1.54, 1.807) is 0 Å². The van der Waals surface area contributed by atoms with Crippen LogP contribution in [0.1, 0.15) is 399 Å². The van der Waals surface area contributed by atoms with Crippen molar-refractivity contribution in [3.63, 3.8) is 0 Å². The van der Waals surface area contributed by atoms with Gasteiger partial charge >= 0.3 is 5.97 Å². The normalized spacial score (nSPS) is 12.7. The fourth-order valence-electron chi connectivity index (χ4n) is 11.4. The van der Waals surface area contributed by atoms with Gasteiger partial charge in [-0.1, -0.05) is 339 Å². The number of ether oxygens (including phenoxy) is 1. The number of nitrogens with one attached hydrogen (secondary N) is 1. The standard InChI is InChI=1S/C74H141NO5/c1-3-5-7-9-11-13-15-17-38-42-46-50-54-58-62-66-72(77)71(70-76)75-73(78)67-63-59-55-51-47-43-40-36-34-32-30-28-26-24-22-20-19-21-23-25-27-29-31-33-35-37-41-45-49-53-57-61-65-69-80-74(79)68-64-60-56-52-48-44-39-18-16-14-12-10-8-6-4-2/h12,14,18,23,25,39,71-72,76-77H,3-11,13,15-17,19-22,24,26-38,40-70H2,1-2H3,(H,75,78)/b14-12-,25-23-,39-18-. The number of allylic oxidation sites excluding steroid dienone is 6. The third-order valence-corrected chi connectivity index (χ3v) is 16.9. The molecule has 0 spiro atoms. The summed E-state index contributed by atoms with van der Waals surface area (Å²) in [6.07, 6.45) is 89.2. The Kier molecular flexibility index (Phi) is 67.9. The molecule has 0 aromatic carbocycles. The van der Waals surface area contributed by atoms with Crippen molar-refractivity contribution < 1.29 is 24.5 Å². The van der Waals surface area contributed by atoms with Crippen LogP contribution in [0.3, 0.4) is 0 Å². The van der Waals surface area contributed by atoms with Crippen molar-refractivity contribution in [2.24, 2.45) is 0 Å². The van der Waals surface area contributed by atoms with Gasteiger partial charge in [-0.3, -0.25) is 9.59 Å². The van der Waals surface area contributed by atoms with Gasteiger partial charge in [0.25, 0.3) is 0 Å². The van der Waals surface area contributed by atoms with Gasteiger partial charge in [-0.25, -0.2) is 0 Å². The summed E-state index contributed by atoms with van der Waals surface area (Å²) in [4.78, 5) is 24.6. The SMILES string of the molecule is CCCCC/C=C\C/C=C\CCCCCCCC(=O)OCCCCCCCCCCCCCC/C=C\CCCCCCCCCCCCCCCCCCCC(=O)NC(CO)C(O)CCCCCCCCCCCCCCCCC. The van der Waals surface area contributed by atoms with Gasteiger partial charge in [0.15, 0.2) is 0 Å². The van der Waals surface area contributed by atoms with Crippen LogP contribution in [-0.2, 0) is 14.3 Å². The predicted octanol–water partition coefficient (Wildman–Crippen LogP) is 23.5. The van der Waals surface area contributed by atoms with Gasteiger partial charge in [-0.15, -0.1) is 0 Å². The number of amides is 1. The lowest BCUT2D eigenvalue weighted by atomic mass is 10.0. The zero-order chi connectivity index (χ0) is 57.8. The monoisotopic (exact) mass is 1120 g/mol. The van der Waals surface area contributed by atoms with Crippen LogP contribution in [0.25, 0.3) is 0 Å². The first-order valence-electron chi connectivity index (χ1n) is 36.2. The van der Waals surface area contributed by atoms with Gasteiger partial charge < -0.3 is 20.3 Å². The molecule has 1 amide bonds. The van der Waals surface area contributed by atoms with E-state index < -0.39 is 12.1 Å². The summed E-state index contributed by atoms with van der Waals surface area (Å²) in [5.74, 6) is -0.0242. The van der Waals surface area contributed by atoms with Crippen molar-refractivity contribution in [2.75, 3.05) is 13.2 Å². The third kappa shape index (κ3) is 65.2. The molecular formula is C74H141NO5. The topological polar surface area (TPSA) is 95.9 Å². The molecule has 2 atom stereocenters. The van der Waals surface area contributed by atoms with Gasteiger partial charge in [-0.05, 0) is 83.5 Å². The molecule has 0 aromatic heterocycles. The molecule has 0 saturated heterocycles. The van der Waals surface area contributed by atoms with Crippen LogP contribution >= 0.6 is 0 Å². The number of aliphatic hydroxyl groups is 2. The minimum absolute atomic E-state index is 0.00500. The van der Waals surface area contributed by atoms with E-state index in [0.717, 1.165) is 51.4 Å². The minimum atomic E-state index is -0.662. The van der Waals surface area contributed by atoms with E-state index in [9.17, 15) is 19.8 Å². The van der Waals surface area contributed by atoms with Crippen molar-refractivity contribution in [2.45, 2.75) is 411 Å². The highest BCUT2D eigenvalue weighted by molar-refractivity contribution is 5.76. The van der Waals surface area contributed by atoms with Crippen molar-refractivity contribution in [1.29, 1.82) is 0 Å². The molecule has 6 heteroatoms. The highest BCUT2D eigenvalue weighted by Gasteiger charge is 2.20. The van der Waals surface area contributed by atoms with Crippen molar-refractivity contribution in [3.05, 3.63) is 36.5 Å². The van der Waals surface area contributed by atoms with E-state index in [1.807, 2.05) is 0 Å². The molecule has 0 aliphatic rings. The summed E-state index contributed by atoms with van der Waals surface area (Å²) in [7, 11) is 0. The van der Waals surface area contributed by atoms with Gasteiger partial charge in [-0.2, -0.15) is 0 Å². The Balaban J connectivity index is 3.34. The summed E-state index contributed by atoms with van der Waals surface area (Å²) in [5, 5.41) is 23.3. The van der Waals surface area contributed by atoms with Gasteiger partial charge in [0.05, 0.1) is 25.4 Å². The first-order chi connectivity index (χ1) is 39.5. The molecule has 6 nitrogen and oxygen atoms in total. The van der Waals surface area contributed by atoms with Crippen LogP contribution in [-0.4, -0.2) is 47.4 Å². The summed E-state index contributed by atoms with van der Waals surface area (Å²) in [5.41, 5.74) is 0. The predicted molar refractivity (Wildman–Crippen MR) is 352 cm³/mol. The van der Waals surface area contributed by atoms with E-state index in [1.165, 1.54) is 315 Å². The average Bonchev–Trinajstić information content (AvgIpc) is 3.46. The molecule has 0 aliphatic carbocycles. The molecule has 3 N–H and O–H groups in total. The molecule has 2 unspecified atom stereocenters. The third-order valence-electron chi connectivity index (χ3n) is 16.9. The quantitative estimate of drug-likeness (QED) is 0.0320. The number of rotatable bonds is 68. The fraction of sp³-hybridized carbons (Fsp3) is 0.892. The highest BCUT2D eigenvalue weighted by Crippen LogP contribution is 2.19. The van der Waals surface area contributed by atoms with E-state index in [2.05, 4.69) is 55.6 Å². The van der Waals surface area contributed by atoms with Crippen LogP contribution in [0, 0.1) is 0 Å². The largest absolute Gasteiger partial charge is 0.466 e. The Morgan fingerprint density at radius 3 is 0.988 bits per heavy atom. The number of unbranched alkanes of at least 4 members (excludes halogenated alkanes) is 51. The summed E-state index contributed by atoms with van der Waals surface area (Å²) in [6.45, 7) is 4.95. The molecule has 0 bridgehead atoms. The second kappa shape index (κ2) is 69.6. The second-order valence-electron chi connectivity index (χ2n) is 24.9. The molecule has 0 aromatic rings. The highest BCUT2D eigenvalue weighted by atomic mass is 16.5. The van der Waals surface area contributed by atoms with Crippen LogP contribution in [0.4, 0.5) is 0 Å². The van der Waals surface area contributed by atoms with E-state index in [0.29, 0.717) is 25.9 Å². The average molecular weight is 1120 g/mol. The molecule has 0 fully saturated rings. The molecule has 0 heterocycles. The van der Waals surface area contributed by atoms with Crippen LogP contribution in [0.5, 0.6) is 0 Å². The summed E-state index contributed by atoms with van der Waals surface area (Å²) < 4.78 is 5.49. The maximum absolute atomic E-state index is 12.5. The Morgan fingerprint density at radius 1 is 0.350 bits per heavy atom. The smallest absolute Gasteiger partial charge is 0.305 e. The van der Waals surface area contributed by atoms with E-state index in [-0.39, 0.29) is 18.5 Å². The molecule has 0 saturated carbocycles. The zero-order valence-electron chi connectivity index (χ0n) is 54.1. The number of hydrogen-bond donors (Lipinski definition) is 3. The first-order valence-corrected chi connectivity index (χ1v) is 36.2. The molecule has 0 aliphatic heterocycles. The maximum atomic E-state index is 12.5. The lowest BCUT2D eigenvalue weighted by Crippen LogP contribution is -2.45. The number of aliphatic hydroxyl groups excluding tert-OH is 2. The Hall–Kier alpha value is -1.92. The van der Waals surface area contributed by atoms with Crippen molar-refractivity contribution in [3.8, 4) is 0 Å². The lowest BCUT2D eigenvalue weighted by molar-refractivity contribution is -0.143. The van der Waals surface area contributed by atoms with Crippen LogP contribution in [0.2, 0.25) is 0 Å². The summed E-state index contributed by atoms with van der Waals surface area (Å²) >= 11 is 0. The van der Waals surface area contributed by atoms with Gasteiger partial charge in [0.1, 0.15) is 0 Å². The van der Waals surface area contributed by atoms with Crippen LogP contribution in [0.15, 0.2) is 36.5 Å². The molecule has 0 rings (SSSR count). The molecule has 472 valence electrons. The molecule has 0 radical (unpaired) electrons. The maximum Gasteiger partial charge on any atom is 0.305 e. The van der Waals surface area contributed by atoms with Gasteiger partial charge in [0.2, 0.25) is 5.91 Å². The number of carbonyl (C=O) groups is 2. The minimum Gasteiger partial charge on any atom is -0.466 e. The van der Waals surface area contributed by atoms with E-state index in [4.69, 9.17) is 4.74 Å². The van der Waals surface area contributed by atoms with Gasteiger partial charge in [0, 0.05) is 12.8 Å². The zero-order valence-corrected chi connectivity index (χ0v) is 54.1. The summed E-state index contributed by atoms with van der Waals surface area (Å²) in [6, 6.07) is -0.539. The van der Waals surface area contributed by atoms with Crippen LogP contribution < -0.4 is 5.32 Å². The molecule has 80 heavy (non-hydrogen) atoms.